The number of sulfonamides is 1. The molecule has 0 amide bonds. The van der Waals surface area contributed by atoms with Gasteiger partial charge in [-0.05, 0) is 36.4 Å². The average Bonchev–Trinajstić information content (AvgIpc) is 2.92. The van der Waals surface area contributed by atoms with E-state index in [2.05, 4.69) is 9.94 Å². The lowest BCUT2D eigenvalue weighted by Crippen LogP contribution is -2.26. The second-order valence-corrected chi connectivity index (χ2v) is 7.64. The minimum atomic E-state index is -3.52. The molecule has 0 unspecified atom stereocenters. The highest BCUT2D eigenvalue weighted by Gasteiger charge is 2.22. The summed E-state index contributed by atoms with van der Waals surface area (Å²) in [6.07, 6.45) is 1.05. The molecule has 0 aliphatic heterocycles. The van der Waals surface area contributed by atoms with Crippen molar-refractivity contribution in [3.63, 3.8) is 0 Å². The zero-order valence-corrected chi connectivity index (χ0v) is 14.4. The van der Waals surface area contributed by atoms with E-state index in [0.29, 0.717) is 22.3 Å². The molecule has 0 atom stereocenters. The van der Waals surface area contributed by atoms with Crippen molar-refractivity contribution >= 4 is 32.1 Å². The maximum Gasteiger partial charge on any atom is 0.406 e. The first-order chi connectivity index (χ1) is 12.3. The van der Waals surface area contributed by atoms with Crippen molar-refractivity contribution < 1.29 is 17.3 Å². The van der Waals surface area contributed by atoms with Crippen LogP contribution >= 0.6 is 0 Å². The third-order valence-electron chi connectivity index (χ3n) is 3.96. The molecule has 4 aromatic rings. The zero-order chi connectivity index (χ0) is 18.5. The number of para-hydroxylation sites is 1. The molecule has 9 heteroatoms. The molecular formula is C17H14FN4O3S+. The summed E-state index contributed by atoms with van der Waals surface area (Å²) in [4.78, 5) is 12.8. The van der Waals surface area contributed by atoms with Crippen molar-refractivity contribution in [2.75, 3.05) is 11.0 Å². The van der Waals surface area contributed by atoms with Crippen LogP contribution in [-0.4, -0.2) is 24.6 Å². The van der Waals surface area contributed by atoms with Gasteiger partial charge in [0.1, 0.15) is 5.82 Å². The van der Waals surface area contributed by atoms with Gasteiger partial charge >= 0.3 is 5.56 Å². The van der Waals surface area contributed by atoms with Gasteiger partial charge in [-0.15, -0.1) is 4.52 Å². The highest BCUT2D eigenvalue weighted by Crippen LogP contribution is 2.22. The number of fused-ring (bicyclic) bond motifs is 3. The molecule has 0 spiro atoms. The van der Waals surface area contributed by atoms with Crippen LogP contribution in [0.5, 0.6) is 0 Å². The molecule has 2 N–H and O–H groups in total. The lowest BCUT2D eigenvalue weighted by atomic mass is 10.2. The highest BCUT2D eigenvalue weighted by molar-refractivity contribution is 7.92. The van der Waals surface area contributed by atoms with Crippen LogP contribution in [0.15, 0.2) is 59.4 Å². The van der Waals surface area contributed by atoms with Crippen LogP contribution in [0.25, 0.3) is 22.1 Å². The Hall–Kier alpha value is -3.20. The van der Waals surface area contributed by atoms with Gasteiger partial charge < -0.3 is 0 Å². The van der Waals surface area contributed by atoms with E-state index in [0.717, 1.165) is 6.26 Å². The van der Waals surface area contributed by atoms with E-state index < -0.39 is 15.8 Å². The zero-order valence-electron chi connectivity index (χ0n) is 13.6. The van der Waals surface area contributed by atoms with E-state index in [1.165, 1.54) is 35.0 Å². The molecule has 4 rings (SSSR count). The molecule has 0 fully saturated rings. The number of hydrogen-bond donors (Lipinski definition) is 2. The molecule has 0 radical (unpaired) electrons. The molecule has 26 heavy (non-hydrogen) atoms. The van der Waals surface area contributed by atoms with Gasteiger partial charge in [-0.1, -0.05) is 22.0 Å². The number of H-pyrrole nitrogens is 1. The Bertz CT molecular complexity index is 1310. The first-order valence-corrected chi connectivity index (χ1v) is 9.55. The Kier molecular flexibility index (Phi) is 3.55. The Morgan fingerprint density at radius 3 is 2.46 bits per heavy atom. The standard InChI is InChI=1S/C17H13FN4O3S/c1-26(24,25)19-14-10-16-17(23)21(12-8-6-11(18)7-9-12)20-22(16)15-5-3-2-4-13(14)15/h2-10,20H,1H3/p+1. The second-order valence-electron chi connectivity index (χ2n) is 5.89. The van der Waals surface area contributed by atoms with Gasteiger partial charge in [-0.25, -0.2) is 17.6 Å². The van der Waals surface area contributed by atoms with E-state index in [-0.39, 0.29) is 11.1 Å². The third-order valence-corrected chi connectivity index (χ3v) is 4.55. The summed E-state index contributed by atoms with van der Waals surface area (Å²) >= 11 is 0. The minimum absolute atomic E-state index is 0.249. The van der Waals surface area contributed by atoms with Gasteiger partial charge in [0.2, 0.25) is 15.5 Å². The van der Waals surface area contributed by atoms with Gasteiger partial charge in [0.25, 0.3) is 0 Å². The van der Waals surface area contributed by atoms with Crippen LogP contribution in [0.1, 0.15) is 0 Å². The summed E-state index contributed by atoms with van der Waals surface area (Å²) < 4.78 is 41.8. The normalized spacial score (nSPS) is 11.9. The summed E-state index contributed by atoms with van der Waals surface area (Å²) in [5.74, 6) is -0.407. The number of hydrogen-bond acceptors (Lipinski definition) is 3. The average molecular weight is 373 g/mol. The molecule has 132 valence electrons. The van der Waals surface area contributed by atoms with E-state index in [9.17, 15) is 17.6 Å². The van der Waals surface area contributed by atoms with Gasteiger partial charge in [0.15, 0.2) is 11.2 Å². The number of benzene rings is 2. The number of rotatable bonds is 3. The molecule has 2 heterocycles. The molecule has 0 saturated heterocycles. The van der Waals surface area contributed by atoms with E-state index >= 15 is 0 Å². The van der Waals surface area contributed by atoms with Crippen molar-refractivity contribution in [1.82, 2.24) is 9.90 Å². The third kappa shape index (κ3) is 2.72. The number of nitrogens with zero attached hydrogens (tertiary/aromatic N) is 2. The fraction of sp³-hybridized carbons (Fsp3) is 0.0588. The largest absolute Gasteiger partial charge is 0.406 e. The Labute approximate surface area is 147 Å². The van der Waals surface area contributed by atoms with Gasteiger partial charge in [0, 0.05) is 11.5 Å². The summed E-state index contributed by atoms with van der Waals surface area (Å²) in [7, 11) is -3.52. The number of halogens is 1. The van der Waals surface area contributed by atoms with Crippen molar-refractivity contribution in [1.29, 1.82) is 0 Å². The molecule has 0 bridgehead atoms. The fourth-order valence-electron chi connectivity index (χ4n) is 2.88. The maximum atomic E-state index is 13.2. The van der Waals surface area contributed by atoms with Crippen molar-refractivity contribution in [3.05, 3.63) is 70.8 Å². The van der Waals surface area contributed by atoms with Gasteiger partial charge in [-0.3, -0.25) is 4.72 Å². The van der Waals surface area contributed by atoms with Crippen LogP contribution in [0, 0.1) is 5.82 Å². The molecule has 0 saturated carbocycles. The van der Waals surface area contributed by atoms with Crippen molar-refractivity contribution in [3.8, 4) is 5.69 Å². The second kappa shape index (κ2) is 5.67. The maximum absolute atomic E-state index is 13.2. The molecule has 7 nitrogen and oxygen atoms in total. The van der Waals surface area contributed by atoms with Gasteiger partial charge in [-0.2, -0.15) is 0 Å². The number of aromatic nitrogens is 3. The number of nitrogens with one attached hydrogen (secondary N) is 2. The van der Waals surface area contributed by atoms with E-state index in [1.54, 1.807) is 28.8 Å². The molecular weight excluding hydrogens is 359 g/mol. The summed E-state index contributed by atoms with van der Waals surface area (Å²) in [5, 5.41) is 3.58. The van der Waals surface area contributed by atoms with Crippen molar-refractivity contribution in [2.45, 2.75) is 0 Å². The quantitative estimate of drug-likeness (QED) is 0.534. The number of pyridine rings is 1. The summed E-state index contributed by atoms with van der Waals surface area (Å²) in [5.41, 5.74) is 1.25. The predicted molar refractivity (Wildman–Crippen MR) is 95.5 cm³/mol. The fourth-order valence-corrected chi connectivity index (χ4v) is 3.45. The predicted octanol–water partition coefficient (Wildman–Crippen LogP) is 1.57. The van der Waals surface area contributed by atoms with Crippen LogP contribution in [-0.2, 0) is 10.0 Å². The first kappa shape index (κ1) is 16.3. The summed E-state index contributed by atoms with van der Waals surface area (Å²) in [6.45, 7) is 0. The lowest BCUT2D eigenvalue weighted by molar-refractivity contribution is -0.555. The Morgan fingerprint density at radius 1 is 1.08 bits per heavy atom. The molecule has 2 aromatic carbocycles. The van der Waals surface area contributed by atoms with Crippen molar-refractivity contribution in [2.24, 2.45) is 0 Å². The van der Waals surface area contributed by atoms with Crippen LogP contribution in [0.3, 0.4) is 0 Å². The Morgan fingerprint density at radius 2 is 1.77 bits per heavy atom. The number of anilines is 1. The van der Waals surface area contributed by atoms with Crippen LogP contribution < -0.4 is 14.8 Å². The van der Waals surface area contributed by atoms with E-state index in [4.69, 9.17) is 0 Å². The van der Waals surface area contributed by atoms with E-state index in [1.807, 2.05) is 0 Å². The molecule has 0 aliphatic carbocycles. The SMILES string of the molecule is CS(=O)(=O)Nc1cc2c(=O)n(-c3ccc(F)cc3)[nH][n+]2c2ccccc12. The monoisotopic (exact) mass is 373 g/mol. The van der Waals surface area contributed by atoms with Crippen LogP contribution in [0.2, 0.25) is 0 Å². The molecule has 0 aliphatic rings. The summed E-state index contributed by atoms with van der Waals surface area (Å²) in [6, 6.07) is 14.0. The lowest BCUT2D eigenvalue weighted by Gasteiger charge is -2.06. The minimum Gasteiger partial charge on any atom is -0.283 e. The van der Waals surface area contributed by atoms with Crippen LogP contribution in [0.4, 0.5) is 10.1 Å². The molecule has 2 aromatic heterocycles. The number of aromatic amines is 1. The topological polar surface area (TPSA) is 88.1 Å². The van der Waals surface area contributed by atoms with Gasteiger partial charge in [0.05, 0.1) is 11.9 Å². The first-order valence-electron chi connectivity index (χ1n) is 7.66. The smallest absolute Gasteiger partial charge is 0.283 e. The Balaban J connectivity index is 2.06. The highest BCUT2D eigenvalue weighted by atomic mass is 32.2.